The molecule has 6 nitrogen and oxygen atoms in total. The molecule has 0 radical (unpaired) electrons. The second-order valence-electron chi connectivity index (χ2n) is 7.07. The Bertz CT molecular complexity index is 1340. The second kappa shape index (κ2) is 7.00. The smallest absolute Gasteiger partial charge is 0.269 e. The average Bonchev–Trinajstić information content (AvgIpc) is 3.05. The van der Waals surface area contributed by atoms with E-state index in [0.29, 0.717) is 22.5 Å². The van der Waals surface area contributed by atoms with Gasteiger partial charge in [-0.05, 0) is 23.8 Å². The number of pyridine rings is 1. The third-order valence-corrected chi connectivity index (χ3v) is 5.28. The van der Waals surface area contributed by atoms with Crippen LogP contribution in [-0.2, 0) is 0 Å². The third-order valence-electron chi connectivity index (χ3n) is 5.28. The van der Waals surface area contributed by atoms with Gasteiger partial charge in [0.25, 0.3) is 5.69 Å². The number of carbonyl (C=O) groups excluding carboxylic acids is 1. The Kier molecular flexibility index (Phi) is 4.17. The van der Waals surface area contributed by atoms with Crippen LogP contribution in [0.15, 0.2) is 90.1 Å². The summed E-state index contributed by atoms with van der Waals surface area (Å²) in [4.78, 5) is 33.0. The van der Waals surface area contributed by atoms with Gasteiger partial charge in [0.2, 0.25) is 0 Å². The van der Waals surface area contributed by atoms with Crippen molar-refractivity contribution in [1.29, 1.82) is 0 Å². The van der Waals surface area contributed by atoms with Crippen LogP contribution in [0.2, 0.25) is 0 Å². The lowest BCUT2D eigenvalue weighted by Gasteiger charge is -2.11. The number of nitrogens with zero attached hydrogens (tertiary/aromatic N) is 3. The molecule has 1 heterocycles. The number of Topliss-reactive ketones (excluding diaryl/α,β-unsaturated/α-hetero) is 1. The van der Waals surface area contributed by atoms with E-state index in [0.717, 1.165) is 16.5 Å². The molecular formula is C24H15N3O3. The summed E-state index contributed by atoms with van der Waals surface area (Å²) >= 11 is 0. The minimum atomic E-state index is -0.609. The largest absolute Gasteiger partial charge is 0.293 e. The van der Waals surface area contributed by atoms with E-state index in [1.165, 1.54) is 12.1 Å². The second-order valence-corrected chi connectivity index (χ2v) is 7.07. The molecular weight excluding hydrogens is 378 g/mol. The Balaban J connectivity index is 1.66. The number of rotatable bonds is 3. The third kappa shape index (κ3) is 2.95. The maximum atomic E-state index is 13.2. The van der Waals surface area contributed by atoms with Crippen LogP contribution in [0.4, 0.5) is 11.4 Å². The Morgan fingerprint density at radius 1 is 0.900 bits per heavy atom. The molecule has 0 N–H and O–H groups in total. The van der Waals surface area contributed by atoms with Crippen molar-refractivity contribution < 1.29 is 9.72 Å². The number of hydrogen-bond acceptors (Lipinski definition) is 5. The van der Waals surface area contributed by atoms with Gasteiger partial charge >= 0.3 is 0 Å². The molecule has 5 rings (SSSR count). The molecule has 0 spiro atoms. The highest BCUT2D eigenvalue weighted by atomic mass is 16.6. The van der Waals surface area contributed by atoms with Crippen molar-refractivity contribution in [1.82, 2.24) is 4.98 Å². The van der Waals surface area contributed by atoms with Gasteiger partial charge in [-0.2, -0.15) is 0 Å². The standard InChI is InChI=1S/C24H15N3O3/c28-24-20-6-2-1-5-19(20)23(22(24)16-8-11-18(12-9-16)27(29)30)26-17-10-7-15-4-3-13-25-21(15)14-17/h1-14,22H. The molecule has 6 heteroatoms. The number of benzene rings is 3. The summed E-state index contributed by atoms with van der Waals surface area (Å²) < 4.78 is 0. The van der Waals surface area contributed by atoms with Gasteiger partial charge < -0.3 is 0 Å². The highest BCUT2D eigenvalue weighted by Crippen LogP contribution is 2.37. The zero-order valence-electron chi connectivity index (χ0n) is 15.7. The van der Waals surface area contributed by atoms with Gasteiger partial charge in [0.15, 0.2) is 5.78 Å². The molecule has 1 aromatic heterocycles. The van der Waals surface area contributed by atoms with Gasteiger partial charge in [-0.1, -0.05) is 48.5 Å². The van der Waals surface area contributed by atoms with Gasteiger partial charge in [-0.15, -0.1) is 0 Å². The van der Waals surface area contributed by atoms with Crippen molar-refractivity contribution in [2.45, 2.75) is 5.92 Å². The van der Waals surface area contributed by atoms with E-state index in [9.17, 15) is 14.9 Å². The Labute approximate surface area is 171 Å². The van der Waals surface area contributed by atoms with Gasteiger partial charge in [0, 0.05) is 34.8 Å². The lowest BCUT2D eigenvalue weighted by Crippen LogP contribution is -2.13. The predicted molar refractivity (Wildman–Crippen MR) is 115 cm³/mol. The zero-order valence-corrected chi connectivity index (χ0v) is 15.7. The van der Waals surface area contributed by atoms with E-state index < -0.39 is 10.8 Å². The molecule has 30 heavy (non-hydrogen) atoms. The topological polar surface area (TPSA) is 85.5 Å². The minimum absolute atomic E-state index is 0.0131. The van der Waals surface area contributed by atoms with Crippen LogP contribution in [0.1, 0.15) is 27.4 Å². The summed E-state index contributed by atoms with van der Waals surface area (Å²) in [6, 6.07) is 23.1. The molecule has 1 aliphatic rings. The summed E-state index contributed by atoms with van der Waals surface area (Å²) in [6.45, 7) is 0. The molecule has 4 aromatic rings. The molecule has 144 valence electrons. The molecule has 0 saturated heterocycles. The van der Waals surface area contributed by atoms with Gasteiger partial charge in [-0.3, -0.25) is 24.9 Å². The Morgan fingerprint density at radius 3 is 2.43 bits per heavy atom. The van der Waals surface area contributed by atoms with E-state index in [4.69, 9.17) is 4.99 Å². The number of non-ortho nitro benzene ring substituents is 1. The van der Waals surface area contributed by atoms with Crippen molar-refractivity contribution >= 4 is 33.8 Å². The molecule has 0 aliphatic heterocycles. The van der Waals surface area contributed by atoms with Crippen LogP contribution in [0.3, 0.4) is 0 Å². The fourth-order valence-electron chi connectivity index (χ4n) is 3.84. The number of nitro benzene ring substituents is 1. The summed E-state index contributed by atoms with van der Waals surface area (Å²) in [5.74, 6) is -0.667. The number of carbonyl (C=O) groups is 1. The molecule has 1 atom stereocenters. The van der Waals surface area contributed by atoms with Crippen molar-refractivity contribution in [2.75, 3.05) is 0 Å². The first-order valence-corrected chi connectivity index (χ1v) is 9.43. The maximum Gasteiger partial charge on any atom is 0.269 e. The van der Waals surface area contributed by atoms with Crippen molar-refractivity contribution in [2.24, 2.45) is 4.99 Å². The summed E-state index contributed by atoms with van der Waals surface area (Å²) in [5, 5.41) is 12.0. The fourth-order valence-corrected chi connectivity index (χ4v) is 3.84. The van der Waals surface area contributed by atoms with Crippen LogP contribution >= 0.6 is 0 Å². The summed E-state index contributed by atoms with van der Waals surface area (Å²) in [6.07, 6.45) is 1.73. The average molecular weight is 393 g/mol. The Hall–Kier alpha value is -4.19. The SMILES string of the molecule is O=C1c2ccccc2C(=Nc2ccc3cccnc3c2)C1c1ccc([N+](=O)[O-])cc1. The van der Waals surface area contributed by atoms with Crippen molar-refractivity contribution in [3.05, 3.63) is 112 Å². The number of nitro groups is 1. The molecule has 0 amide bonds. The first-order valence-electron chi connectivity index (χ1n) is 9.43. The van der Waals surface area contributed by atoms with E-state index in [1.807, 2.05) is 48.5 Å². The van der Waals surface area contributed by atoms with Gasteiger partial charge in [-0.25, -0.2) is 0 Å². The lowest BCUT2D eigenvalue weighted by atomic mass is 9.93. The van der Waals surface area contributed by atoms with E-state index in [-0.39, 0.29) is 11.5 Å². The zero-order chi connectivity index (χ0) is 20.7. The monoisotopic (exact) mass is 393 g/mol. The van der Waals surface area contributed by atoms with Crippen molar-refractivity contribution in [3.8, 4) is 0 Å². The van der Waals surface area contributed by atoms with E-state index >= 15 is 0 Å². The molecule has 0 bridgehead atoms. The van der Waals surface area contributed by atoms with E-state index in [1.54, 1.807) is 24.4 Å². The van der Waals surface area contributed by atoms with Crippen LogP contribution in [-0.4, -0.2) is 21.4 Å². The molecule has 0 fully saturated rings. The number of aliphatic imine (C=N–C) groups is 1. The van der Waals surface area contributed by atoms with Gasteiger partial charge in [0.05, 0.1) is 27.8 Å². The van der Waals surface area contributed by atoms with Crippen LogP contribution in [0, 0.1) is 10.1 Å². The normalized spacial score (nSPS) is 16.7. The van der Waals surface area contributed by atoms with E-state index in [2.05, 4.69) is 4.98 Å². The first-order chi connectivity index (χ1) is 14.6. The van der Waals surface area contributed by atoms with Gasteiger partial charge in [0.1, 0.15) is 0 Å². The quantitative estimate of drug-likeness (QED) is 0.352. The first kappa shape index (κ1) is 17.9. The lowest BCUT2D eigenvalue weighted by molar-refractivity contribution is -0.384. The number of hydrogen-bond donors (Lipinski definition) is 0. The Morgan fingerprint density at radius 2 is 1.67 bits per heavy atom. The minimum Gasteiger partial charge on any atom is -0.293 e. The highest BCUT2D eigenvalue weighted by Gasteiger charge is 2.37. The molecule has 1 aliphatic carbocycles. The summed E-state index contributed by atoms with van der Waals surface area (Å²) in [7, 11) is 0. The number of fused-ring (bicyclic) bond motifs is 2. The predicted octanol–water partition coefficient (Wildman–Crippen LogP) is 5.24. The maximum absolute atomic E-state index is 13.2. The number of aromatic nitrogens is 1. The molecule has 1 unspecified atom stereocenters. The summed E-state index contributed by atoms with van der Waals surface area (Å²) in [5.41, 5.74) is 4.22. The van der Waals surface area contributed by atoms with Crippen LogP contribution < -0.4 is 0 Å². The van der Waals surface area contributed by atoms with Crippen LogP contribution in [0.25, 0.3) is 10.9 Å². The fraction of sp³-hybridized carbons (Fsp3) is 0.0417. The number of ketones is 1. The van der Waals surface area contributed by atoms with Crippen LogP contribution in [0.5, 0.6) is 0 Å². The molecule has 0 saturated carbocycles. The highest BCUT2D eigenvalue weighted by molar-refractivity contribution is 6.32. The molecule has 3 aromatic carbocycles. The van der Waals surface area contributed by atoms with Crippen molar-refractivity contribution in [3.63, 3.8) is 0 Å².